The highest BCUT2D eigenvalue weighted by Gasteiger charge is 2.34. The Kier molecular flexibility index (Phi) is 4.27. The van der Waals surface area contributed by atoms with Crippen LogP contribution in [0.5, 0.6) is 0 Å². The molecule has 1 aliphatic rings. The van der Waals surface area contributed by atoms with Crippen molar-refractivity contribution < 1.29 is 4.21 Å². The zero-order valence-electron chi connectivity index (χ0n) is 17.1. The minimum atomic E-state index is -1.07. The van der Waals surface area contributed by atoms with Crippen LogP contribution >= 0.6 is 0 Å². The van der Waals surface area contributed by atoms with E-state index in [0.717, 1.165) is 16.2 Å². The summed E-state index contributed by atoms with van der Waals surface area (Å²) in [5, 5.41) is 0. The molecule has 2 aromatic carbocycles. The summed E-state index contributed by atoms with van der Waals surface area (Å²) in [5.74, 6) is 0. The molecular formula is C23H30OS. The van der Waals surface area contributed by atoms with Crippen LogP contribution in [0.1, 0.15) is 59.7 Å². The topological polar surface area (TPSA) is 17.1 Å². The van der Waals surface area contributed by atoms with Crippen LogP contribution in [0.15, 0.2) is 15.9 Å². The molecule has 1 atom stereocenters. The monoisotopic (exact) mass is 354 g/mol. The molecule has 0 saturated carbocycles. The number of hydrogen-bond donors (Lipinski definition) is 0. The van der Waals surface area contributed by atoms with Gasteiger partial charge in [0.05, 0.1) is 20.6 Å². The van der Waals surface area contributed by atoms with E-state index < -0.39 is 10.8 Å². The molecule has 0 bridgehead atoms. The van der Waals surface area contributed by atoms with Gasteiger partial charge in [0.1, 0.15) is 0 Å². The fourth-order valence-corrected chi connectivity index (χ4v) is 6.17. The normalized spacial score (nSPS) is 16.1. The van der Waals surface area contributed by atoms with Gasteiger partial charge in [-0.25, -0.2) is 4.21 Å². The first kappa shape index (κ1) is 18.4. The molecule has 0 amide bonds. The van der Waals surface area contributed by atoms with Crippen molar-refractivity contribution in [1.29, 1.82) is 0 Å². The van der Waals surface area contributed by atoms with E-state index in [2.05, 4.69) is 68.4 Å². The van der Waals surface area contributed by atoms with E-state index in [9.17, 15) is 4.21 Å². The molecule has 0 spiro atoms. The molecule has 134 valence electrons. The van der Waals surface area contributed by atoms with Crippen molar-refractivity contribution in [2.45, 2.75) is 78.5 Å². The fraction of sp³-hybridized carbons (Fsp3) is 0.478. The van der Waals surface area contributed by atoms with E-state index in [4.69, 9.17) is 0 Å². The van der Waals surface area contributed by atoms with Crippen LogP contribution in [0.4, 0.5) is 0 Å². The predicted molar refractivity (Wildman–Crippen MR) is 108 cm³/mol. The maximum Gasteiger partial charge on any atom is 0.0868 e. The molecule has 0 saturated heterocycles. The quantitative estimate of drug-likeness (QED) is 0.503. The molecule has 0 fully saturated rings. The lowest BCUT2D eigenvalue weighted by atomic mass is 9.80. The van der Waals surface area contributed by atoms with Gasteiger partial charge in [-0.05, 0) is 92.3 Å². The van der Waals surface area contributed by atoms with E-state index in [1.54, 1.807) is 0 Å². The molecule has 0 radical (unpaired) electrons. The zero-order valence-corrected chi connectivity index (χ0v) is 17.9. The second-order valence-corrected chi connectivity index (χ2v) is 10.3. The lowest BCUT2D eigenvalue weighted by Crippen LogP contribution is -2.13. The molecule has 1 aliphatic heterocycles. The van der Waals surface area contributed by atoms with E-state index in [1.165, 1.54) is 50.1 Å². The second-order valence-electron chi connectivity index (χ2n) is 8.90. The van der Waals surface area contributed by atoms with Gasteiger partial charge in [0.25, 0.3) is 0 Å². The van der Waals surface area contributed by atoms with Crippen molar-refractivity contribution in [2.75, 3.05) is 0 Å². The smallest absolute Gasteiger partial charge is 0.0868 e. The Hall–Kier alpha value is -1.41. The van der Waals surface area contributed by atoms with Crippen molar-refractivity contribution in [2.24, 2.45) is 5.41 Å². The lowest BCUT2D eigenvalue weighted by Gasteiger charge is -2.25. The van der Waals surface area contributed by atoms with Gasteiger partial charge in [0.15, 0.2) is 0 Å². The van der Waals surface area contributed by atoms with Crippen LogP contribution < -0.4 is 0 Å². The average Bonchev–Trinajstić information content (AvgIpc) is 2.80. The van der Waals surface area contributed by atoms with Gasteiger partial charge in [-0.3, -0.25) is 0 Å². The molecule has 0 aliphatic carbocycles. The minimum Gasteiger partial charge on any atom is -0.249 e. The zero-order chi connectivity index (χ0) is 18.8. The molecule has 0 N–H and O–H groups in total. The van der Waals surface area contributed by atoms with Gasteiger partial charge in [0.2, 0.25) is 0 Å². The number of rotatable bonds is 1. The van der Waals surface area contributed by atoms with Crippen LogP contribution in [0.3, 0.4) is 0 Å². The summed E-state index contributed by atoms with van der Waals surface area (Å²) >= 11 is 0. The van der Waals surface area contributed by atoms with Crippen molar-refractivity contribution in [1.82, 2.24) is 0 Å². The summed E-state index contributed by atoms with van der Waals surface area (Å²) < 4.78 is 13.4. The Balaban J connectivity index is 2.44. The van der Waals surface area contributed by atoms with Gasteiger partial charge in [-0.2, -0.15) is 0 Å². The molecule has 0 aromatic heterocycles. The number of hydrogen-bond acceptors (Lipinski definition) is 1. The fourth-order valence-electron chi connectivity index (χ4n) is 4.21. The van der Waals surface area contributed by atoms with E-state index in [0.29, 0.717) is 0 Å². The predicted octanol–water partition coefficient (Wildman–Crippen LogP) is 6.27. The number of benzene rings is 2. The van der Waals surface area contributed by atoms with Crippen molar-refractivity contribution in [3.63, 3.8) is 0 Å². The molecule has 1 unspecified atom stereocenters. The summed E-state index contributed by atoms with van der Waals surface area (Å²) in [5.41, 5.74) is 11.7. The SMILES string of the molecule is Cc1cc(C)c2c(c1C)S(=O)c1c(C)c(C)c(CC(C)(C)C)c(C)c1-2. The Bertz CT molecular complexity index is 927. The molecule has 25 heavy (non-hydrogen) atoms. The maximum atomic E-state index is 13.4. The van der Waals surface area contributed by atoms with Gasteiger partial charge in [0, 0.05) is 11.1 Å². The summed E-state index contributed by atoms with van der Waals surface area (Å²) in [4.78, 5) is 2.10. The summed E-state index contributed by atoms with van der Waals surface area (Å²) in [6, 6.07) is 2.25. The highest BCUT2D eigenvalue weighted by atomic mass is 32.2. The molecule has 1 heterocycles. The van der Waals surface area contributed by atoms with Gasteiger partial charge in [-0.15, -0.1) is 0 Å². The molecule has 1 nitrogen and oxygen atoms in total. The highest BCUT2D eigenvalue weighted by molar-refractivity contribution is 7.86. The summed E-state index contributed by atoms with van der Waals surface area (Å²) in [6.07, 6.45) is 1.05. The molecule has 2 heteroatoms. The first-order chi connectivity index (χ1) is 11.5. The third-order valence-corrected chi connectivity index (χ3v) is 7.49. The Labute approximate surface area is 155 Å². The first-order valence-electron chi connectivity index (χ1n) is 9.11. The van der Waals surface area contributed by atoms with Gasteiger partial charge < -0.3 is 0 Å². The van der Waals surface area contributed by atoms with E-state index >= 15 is 0 Å². The van der Waals surface area contributed by atoms with Crippen molar-refractivity contribution in [3.05, 3.63) is 45.0 Å². The van der Waals surface area contributed by atoms with Crippen molar-refractivity contribution >= 4 is 10.8 Å². The number of fused-ring (bicyclic) bond motifs is 3. The van der Waals surface area contributed by atoms with Crippen LogP contribution in [0.25, 0.3) is 11.1 Å². The average molecular weight is 355 g/mol. The number of aryl methyl sites for hydroxylation is 2. The Morgan fingerprint density at radius 2 is 1.32 bits per heavy atom. The van der Waals surface area contributed by atoms with Crippen LogP contribution in [0, 0.1) is 47.0 Å². The van der Waals surface area contributed by atoms with E-state index in [1.807, 2.05) is 0 Å². The van der Waals surface area contributed by atoms with Gasteiger partial charge in [-0.1, -0.05) is 26.8 Å². The van der Waals surface area contributed by atoms with Gasteiger partial charge >= 0.3 is 0 Å². The summed E-state index contributed by atoms with van der Waals surface area (Å²) in [6.45, 7) is 19.9. The molecular weight excluding hydrogens is 324 g/mol. The van der Waals surface area contributed by atoms with Crippen molar-refractivity contribution in [3.8, 4) is 11.1 Å². The lowest BCUT2D eigenvalue weighted by molar-refractivity contribution is 0.409. The highest BCUT2D eigenvalue weighted by Crippen LogP contribution is 2.50. The van der Waals surface area contributed by atoms with E-state index in [-0.39, 0.29) is 5.41 Å². The third kappa shape index (κ3) is 2.70. The summed E-state index contributed by atoms with van der Waals surface area (Å²) in [7, 11) is -1.07. The molecule has 2 aromatic rings. The third-order valence-electron chi connectivity index (χ3n) is 5.72. The Morgan fingerprint density at radius 3 is 1.88 bits per heavy atom. The van der Waals surface area contributed by atoms with Crippen LogP contribution in [0.2, 0.25) is 0 Å². The first-order valence-corrected chi connectivity index (χ1v) is 10.3. The molecule has 3 rings (SSSR count). The minimum absolute atomic E-state index is 0.231. The largest absolute Gasteiger partial charge is 0.249 e. The Morgan fingerprint density at radius 1 is 0.760 bits per heavy atom. The standard InChI is InChI=1S/C23H30OS/c1-12-10-13(2)19-20-17(6)18(11-23(7,8)9)15(4)16(5)22(20)25(24)21(19)14(12)3/h10H,11H2,1-9H3. The maximum absolute atomic E-state index is 13.4. The van der Waals surface area contributed by atoms with Crippen LogP contribution in [-0.2, 0) is 17.2 Å². The van der Waals surface area contributed by atoms with Crippen LogP contribution in [-0.4, -0.2) is 4.21 Å². The second kappa shape index (κ2) is 5.81.